The zero-order valence-corrected chi connectivity index (χ0v) is 13.6. The summed E-state index contributed by atoms with van der Waals surface area (Å²) in [6, 6.07) is 6.13. The third-order valence-electron chi connectivity index (χ3n) is 3.67. The Hall–Kier alpha value is -1.68. The van der Waals surface area contributed by atoms with Gasteiger partial charge in [-0.2, -0.15) is 0 Å². The van der Waals surface area contributed by atoms with Crippen LogP contribution in [0.5, 0.6) is 0 Å². The zero-order valence-electron chi connectivity index (χ0n) is 13.6. The number of hydrogen-bond acceptors (Lipinski definition) is 4. The summed E-state index contributed by atoms with van der Waals surface area (Å²) in [4.78, 5) is 11.2. The second-order valence-electron chi connectivity index (χ2n) is 6.37. The summed E-state index contributed by atoms with van der Waals surface area (Å²) in [5.41, 5.74) is 1.05. The number of nitrogens with zero attached hydrogens (tertiary/aromatic N) is 3. The SMILES string of the molecule is CCN(Cc1ccccn1)[C@H](C)c1ncc(C(C)(C)C)o1. The molecule has 0 unspecified atom stereocenters. The Bertz CT molecular complexity index is 557. The fourth-order valence-electron chi connectivity index (χ4n) is 2.21. The Labute approximate surface area is 127 Å². The molecule has 0 amide bonds. The maximum Gasteiger partial charge on any atom is 0.211 e. The van der Waals surface area contributed by atoms with Crippen LogP contribution in [0, 0.1) is 0 Å². The Morgan fingerprint density at radius 1 is 1.24 bits per heavy atom. The maximum atomic E-state index is 5.96. The van der Waals surface area contributed by atoms with Gasteiger partial charge in [0.05, 0.1) is 17.9 Å². The predicted octanol–water partition coefficient (Wildman–Crippen LogP) is 3.95. The van der Waals surface area contributed by atoms with Crippen molar-refractivity contribution in [3.05, 3.63) is 47.9 Å². The molecule has 0 aliphatic heterocycles. The Kier molecular flexibility index (Phi) is 4.78. The van der Waals surface area contributed by atoms with Crippen LogP contribution >= 0.6 is 0 Å². The highest BCUT2D eigenvalue weighted by atomic mass is 16.4. The summed E-state index contributed by atoms with van der Waals surface area (Å²) in [5.74, 6) is 1.70. The molecule has 0 saturated heterocycles. The molecule has 0 aliphatic carbocycles. The second-order valence-corrected chi connectivity index (χ2v) is 6.37. The molecule has 0 bridgehead atoms. The lowest BCUT2D eigenvalue weighted by molar-refractivity contribution is 0.177. The van der Waals surface area contributed by atoms with Crippen molar-refractivity contribution in [2.45, 2.75) is 52.6 Å². The van der Waals surface area contributed by atoms with E-state index in [0.29, 0.717) is 0 Å². The minimum Gasteiger partial charge on any atom is -0.443 e. The fraction of sp³-hybridized carbons (Fsp3) is 0.529. The third kappa shape index (κ3) is 3.91. The van der Waals surface area contributed by atoms with Crippen LogP contribution in [0.1, 0.15) is 58.0 Å². The van der Waals surface area contributed by atoms with Crippen LogP contribution in [0.3, 0.4) is 0 Å². The molecule has 0 saturated carbocycles. The Balaban J connectivity index is 2.13. The maximum absolute atomic E-state index is 5.96. The molecule has 0 radical (unpaired) electrons. The van der Waals surface area contributed by atoms with E-state index in [-0.39, 0.29) is 11.5 Å². The van der Waals surface area contributed by atoms with Crippen LogP contribution in [-0.4, -0.2) is 21.4 Å². The van der Waals surface area contributed by atoms with Crippen LogP contribution in [-0.2, 0) is 12.0 Å². The van der Waals surface area contributed by atoms with E-state index in [9.17, 15) is 0 Å². The highest BCUT2D eigenvalue weighted by molar-refractivity contribution is 5.08. The van der Waals surface area contributed by atoms with Gasteiger partial charge in [-0.1, -0.05) is 33.8 Å². The van der Waals surface area contributed by atoms with Gasteiger partial charge in [0.15, 0.2) is 0 Å². The molecule has 2 aromatic heterocycles. The molecule has 114 valence electrons. The summed E-state index contributed by atoms with van der Waals surface area (Å²) in [7, 11) is 0. The molecule has 0 N–H and O–H groups in total. The molecule has 4 nitrogen and oxygen atoms in total. The monoisotopic (exact) mass is 287 g/mol. The third-order valence-corrected chi connectivity index (χ3v) is 3.67. The molecule has 2 rings (SSSR count). The average molecular weight is 287 g/mol. The largest absolute Gasteiger partial charge is 0.443 e. The lowest BCUT2D eigenvalue weighted by atomic mass is 9.94. The minimum absolute atomic E-state index is 0.0109. The highest BCUT2D eigenvalue weighted by Gasteiger charge is 2.24. The topological polar surface area (TPSA) is 42.2 Å². The van der Waals surface area contributed by atoms with Crippen LogP contribution < -0.4 is 0 Å². The smallest absolute Gasteiger partial charge is 0.211 e. The first-order chi connectivity index (χ1) is 9.91. The van der Waals surface area contributed by atoms with E-state index >= 15 is 0 Å². The first kappa shape index (κ1) is 15.7. The van der Waals surface area contributed by atoms with Gasteiger partial charge in [-0.05, 0) is 25.6 Å². The molecule has 2 heterocycles. The molecule has 21 heavy (non-hydrogen) atoms. The minimum atomic E-state index is -0.0109. The number of hydrogen-bond donors (Lipinski definition) is 0. The van der Waals surface area contributed by atoms with Crippen molar-refractivity contribution in [3.8, 4) is 0 Å². The number of oxazole rings is 1. The van der Waals surface area contributed by atoms with E-state index < -0.39 is 0 Å². The van der Waals surface area contributed by atoms with Gasteiger partial charge in [-0.3, -0.25) is 9.88 Å². The molecular weight excluding hydrogens is 262 g/mol. The Morgan fingerprint density at radius 3 is 2.52 bits per heavy atom. The standard InChI is InChI=1S/C17H25N3O/c1-6-20(12-14-9-7-8-10-18-14)13(2)16-19-11-15(21-16)17(3,4)5/h7-11,13H,6,12H2,1-5H3/t13-/m1/s1. The first-order valence-electron chi connectivity index (χ1n) is 7.52. The van der Waals surface area contributed by atoms with Crippen LogP contribution in [0.2, 0.25) is 0 Å². The molecule has 4 heteroatoms. The first-order valence-corrected chi connectivity index (χ1v) is 7.52. The van der Waals surface area contributed by atoms with E-state index in [1.54, 1.807) is 0 Å². The fourth-order valence-corrected chi connectivity index (χ4v) is 2.21. The van der Waals surface area contributed by atoms with E-state index in [1.165, 1.54) is 0 Å². The van der Waals surface area contributed by atoms with Gasteiger partial charge in [-0.15, -0.1) is 0 Å². The van der Waals surface area contributed by atoms with E-state index in [0.717, 1.165) is 30.4 Å². The van der Waals surface area contributed by atoms with Gasteiger partial charge in [0, 0.05) is 18.2 Å². The molecule has 0 aliphatic rings. The zero-order chi connectivity index (χ0) is 15.5. The van der Waals surface area contributed by atoms with Crippen LogP contribution in [0.25, 0.3) is 0 Å². The van der Waals surface area contributed by atoms with E-state index in [1.807, 2.05) is 30.6 Å². The van der Waals surface area contributed by atoms with Gasteiger partial charge in [0.1, 0.15) is 5.76 Å². The van der Waals surface area contributed by atoms with Crippen LogP contribution in [0.4, 0.5) is 0 Å². The van der Waals surface area contributed by atoms with Gasteiger partial charge in [0.2, 0.25) is 5.89 Å². The lowest BCUT2D eigenvalue weighted by Gasteiger charge is -2.25. The number of pyridine rings is 1. The molecule has 0 aromatic carbocycles. The van der Waals surface area contributed by atoms with Gasteiger partial charge < -0.3 is 4.42 Å². The van der Waals surface area contributed by atoms with Gasteiger partial charge in [0.25, 0.3) is 0 Å². The molecule has 2 aromatic rings. The number of aromatic nitrogens is 2. The van der Waals surface area contributed by atoms with E-state index in [2.05, 4.69) is 49.5 Å². The van der Waals surface area contributed by atoms with Crippen molar-refractivity contribution >= 4 is 0 Å². The summed E-state index contributed by atoms with van der Waals surface area (Å²) in [6.45, 7) is 12.4. The summed E-state index contributed by atoms with van der Waals surface area (Å²) in [6.07, 6.45) is 3.68. The Morgan fingerprint density at radius 2 is 2.00 bits per heavy atom. The molecule has 0 spiro atoms. The molecule has 0 fully saturated rings. The van der Waals surface area contributed by atoms with Crippen molar-refractivity contribution in [2.24, 2.45) is 0 Å². The summed E-state index contributed by atoms with van der Waals surface area (Å²) >= 11 is 0. The average Bonchev–Trinajstić information content (AvgIpc) is 2.95. The van der Waals surface area contributed by atoms with Gasteiger partial charge in [-0.25, -0.2) is 4.98 Å². The molecular formula is C17H25N3O. The van der Waals surface area contributed by atoms with Gasteiger partial charge >= 0.3 is 0 Å². The van der Waals surface area contributed by atoms with Crippen molar-refractivity contribution in [2.75, 3.05) is 6.54 Å². The van der Waals surface area contributed by atoms with E-state index in [4.69, 9.17) is 4.42 Å². The quantitative estimate of drug-likeness (QED) is 0.835. The number of rotatable bonds is 5. The van der Waals surface area contributed by atoms with Crippen molar-refractivity contribution in [1.82, 2.24) is 14.9 Å². The summed E-state index contributed by atoms with van der Waals surface area (Å²) < 4.78 is 5.96. The second kappa shape index (κ2) is 6.39. The van der Waals surface area contributed by atoms with Crippen molar-refractivity contribution < 1.29 is 4.42 Å². The molecule has 1 atom stereocenters. The highest BCUT2D eigenvalue weighted by Crippen LogP contribution is 2.27. The van der Waals surface area contributed by atoms with Crippen molar-refractivity contribution in [1.29, 1.82) is 0 Å². The summed E-state index contributed by atoms with van der Waals surface area (Å²) in [5, 5.41) is 0. The lowest BCUT2D eigenvalue weighted by Crippen LogP contribution is -2.27. The van der Waals surface area contributed by atoms with Crippen molar-refractivity contribution in [3.63, 3.8) is 0 Å². The van der Waals surface area contributed by atoms with Crippen LogP contribution in [0.15, 0.2) is 35.0 Å². The predicted molar refractivity (Wildman–Crippen MR) is 83.9 cm³/mol. The normalized spacial score (nSPS) is 13.6.